The van der Waals surface area contributed by atoms with E-state index in [1.165, 1.54) is 5.56 Å². The summed E-state index contributed by atoms with van der Waals surface area (Å²) in [5.74, 6) is 0.747. The van der Waals surface area contributed by atoms with Crippen molar-refractivity contribution >= 4 is 11.6 Å². The summed E-state index contributed by atoms with van der Waals surface area (Å²) in [6.45, 7) is 2.09. The molecular weight excluding hydrogens is 198 g/mol. The van der Waals surface area contributed by atoms with Crippen molar-refractivity contribution in [2.45, 2.75) is 13.3 Å². The summed E-state index contributed by atoms with van der Waals surface area (Å²) >= 11 is 5.78. The Bertz CT molecular complexity index is 436. The fourth-order valence-corrected chi connectivity index (χ4v) is 1.35. The van der Waals surface area contributed by atoms with Crippen molar-refractivity contribution in [3.8, 4) is 5.82 Å². The average Bonchev–Trinajstić information content (AvgIpc) is 2.66. The van der Waals surface area contributed by atoms with Crippen molar-refractivity contribution in [3.05, 3.63) is 41.3 Å². The first-order valence-corrected chi connectivity index (χ1v) is 4.84. The normalized spacial score (nSPS) is 10.4. The second-order valence-corrected chi connectivity index (χ2v) is 3.35. The van der Waals surface area contributed by atoms with E-state index in [0.717, 1.165) is 12.2 Å². The number of aryl methyl sites for hydroxylation is 1. The van der Waals surface area contributed by atoms with Gasteiger partial charge in [0.1, 0.15) is 5.15 Å². The summed E-state index contributed by atoms with van der Waals surface area (Å²) in [6.07, 6.45) is 4.77. The highest BCUT2D eigenvalue weighted by molar-refractivity contribution is 6.29. The Kier molecular flexibility index (Phi) is 2.50. The first kappa shape index (κ1) is 9.21. The molecule has 3 nitrogen and oxygen atoms in total. The van der Waals surface area contributed by atoms with Gasteiger partial charge in [0, 0.05) is 6.20 Å². The molecule has 0 aliphatic carbocycles. The summed E-state index contributed by atoms with van der Waals surface area (Å²) in [5, 5.41) is 4.68. The highest BCUT2D eigenvalue weighted by atomic mass is 35.5. The van der Waals surface area contributed by atoms with Crippen LogP contribution < -0.4 is 0 Å². The van der Waals surface area contributed by atoms with Crippen LogP contribution in [-0.4, -0.2) is 14.8 Å². The van der Waals surface area contributed by atoms with E-state index in [9.17, 15) is 0 Å². The van der Waals surface area contributed by atoms with Crippen molar-refractivity contribution in [1.82, 2.24) is 14.8 Å². The molecule has 0 atom stereocenters. The van der Waals surface area contributed by atoms with Crippen molar-refractivity contribution in [1.29, 1.82) is 0 Å². The Balaban J connectivity index is 2.39. The molecule has 72 valence electrons. The van der Waals surface area contributed by atoms with Crippen LogP contribution in [0.25, 0.3) is 5.82 Å². The van der Waals surface area contributed by atoms with Crippen LogP contribution in [0.2, 0.25) is 5.15 Å². The molecule has 0 bridgehead atoms. The van der Waals surface area contributed by atoms with E-state index < -0.39 is 0 Å². The Hall–Kier alpha value is -1.35. The van der Waals surface area contributed by atoms with Crippen LogP contribution in [-0.2, 0) is 6.42 Å². The molecule has 4 heteroatoms. The molecule has 2 rings (SSSR count). The number of rotatable bonds is 2. The van der Waals surface area contributed by atoms with Crippen LogP contribution >= 0.6 is 11.6 Å². The predicted octanol–water partition coefficient (Wildman–Crippen LogP) is 2.48. The fourth-order valence-electron chi connectivity index (χ4n) is 1.19. The minimum atomic E-state index is 0.482. The minimum absolute atomic E-state index is 0.482. The number of pyridine rings is 1. The zero-order valence-corrected chi connectivity index (χ0v) is 8.57. The molecule has 0 aromatic carbocycles. The lowest BCUT2D eigenvalue weighted by molar-refractivity contribution is 0.846. The Labute approximate surface area is 87.3 Å². The van der Waals surface area contributed by atoms with Gasteiger partial charge in [-0.3, -0.25) is 0 Å². The summed E-state index contributed by atoms with van der Waals surface area (Å²) in [4.78, 5) is 4.16. The molecule has 0 saturated heterocycles. The van der Waals surface area contributed by atoms with Crippen LogP contribution in [0.4, 0.5) is 0 Å². The highest BCUT2D eigenvalue weighted by Gasteiger charge is 2.00. The molecular formula is C10H10ClN3. The van der Waals surface area contributed by atoms with E-state index in [-0.39, 0.29) is 0 Å². The standard InChI is InChI=1S/C10H10ClN3/c1-2-8-6-12-14(7-8)10-5-3-4-9(11)13-10/h3-7H,2H2,1H3. The number of halogens is 1. The van der Waals surface area contributed by atoms with Crippen LogP contribution in [0.5, 0.6) is 0 Å². The van der Waals surface area contributed by atoms with Gasteiger partial charge in [0.2, 0.25) is 0 Å². The maximum atomic E-state index is 5.78. The molecule has 0 radical (unpaired) electrons. The van der Waals surface area contributed by atoms with Crippen molar-refractivity contribution in [2.75, 3.05) is 0 Å². The minimum Gasteiger partial charge on any atom is -0.222 e. The first-order valence-electron chi connectivity index (χ1n) is 4.46. The average molecular weight is 208 g/mol. The van der Waals surface area contributed by atoms with Gasteiger partial charge in [-0.1, -0.05) is 24.6 Å². The number of hydrogen-bond donors (Lipinski definition) is 0. The monoisotopic (exact) mass is 207 g/mol. The third kappa shape index (κ3) is 1.77. The van der Waals surface area contributed by atoms with Gasteiger partial charge in [-0.2, -0.15) is 5.10 Å². The maximum Gasteiger partial charge on any atom is 0.155 e. The van der Waals surface area contributed by atoms with Gasteiger partial charge in [0.15, 0.2) is 5.82 Å². The lowest BCUT2D eigenvalue weighted by Gasteiger charge is -1.99. The molecule has 2 heterocycles. The quantitative estimate of drug-likeness (QED) is 0.709. The van der Waals surface area contributed by atoms with Crippen LogP contribution in [0.1, 0.15) is 12.5 Å². The zero-order chi connectivity index (χ0) is 9.97. The molecule has 0 fully saturated rings. The topological polar surface area (TPSA) is 30.7 Å². The zero-order valence-electron chi connectivity index (χ0n) is 7.81. The third-order valence-electron chi connectivity index (χ3n) is 1.98. The molecule has 0 unspecified atom stereocenters. The molecule has 0 saturated carbocycles. The smallest absolute Gasteiger partial charge is 0.155 e. The summed E-state index contributed by atoms with van der Waals surface area (Å²) in [7, 11) is 0. The van der Waals surface area contributed by atoms with E-state index in [2.05, 4.69) is 17.0 Å². The number of nitrogens with zero attached hydrogens (tertiary/aromatic N) is 3. The van der Waals surface area contributed by atoms with Crippen LogP contribution in [0.3, 0.4) is 0 Å². The highest BCUT2D eigenvalue weighted by Crippen LogP contribution is 2.09. The molecule has 2 aromatic rings. The van der Waals surface area contributed by atoms with Gasteiger partial charge in [-0.05, 0) is 24.1 Å². The third-order valence-corrected chi connectivity index (χ3v) is 2.19. The van der Waals surface area contributed by atoms with E-state index in [4.69, 9.17) is 11.6 Å². The van der Waals surface area contributed by atoms with E-state index in [1.54, 1.807) is 10.7 Å². The van der Waals surface area contributed by atoms with E-state index in [0.29, 0.717) is 5.15 Å². The largest absolute Gasteiger partial charge is 0.222 e. The summed E-state index contributed by atoms with van der Waals surface area (Å²) < 4.78 is 1.73. The Morgan fingerprint density at radius 2 is 2.29 bits per heavy atom. The lowest BCUT2D eigenvalue weighted by Crippen LogP contribution is -1.97. The molecule has 0 amide bonds. The van der Waals surface area contributed by atoms with Crippen molar-refractivity contribution in [2.24, 2.45) is 0 Å². The van der Waals surface area contributed by atoms with E-state index in [1.807, 2.05) is 24.5 Å². The summed E-state index contributed by atoms with van der Waals surface area (Å²) in [6, 6.07) is 5.48. The van der Waals surface area contributed by atoms with Gasteiger partial charge < -0.3 is 0 Å². The maximum absolute atomic E-state index is 5.78. The lowest BCUT2D eigenvalue weighted by atomic mass is 10.3. The fraction of sp³-hybridized carbons (Fsp3) is 0.200. The van der Waals surface area contributed by atoms with Gasteiger partial charge >= 0.3 is 0 Å². The van der Waals surface area contributed by atoms with Gasteiger partial charge in [-0.25, -0.2) is 9.67 Å². The van der Waals surface area contributed by atoms with Gasteiger partial charge in [0.05, 0.1) is 6.20 Å². The molecule has 0 aliphatic heterocycles. The number of aromatic nitrogens is 3. The molecule has 2 aromatic heterocycles. The summed E-state index contributed by atoms with van der Waals surface area (Å²) in [5.41, 5.74) is 1.19. The second-order valence-electron chi connectivity index (χ2n) is 2.97. The van der Waals surface area contributed by atoms with Crippen molar-refractivity contribution < 1.29 is 0 Å². The number of hydrogen-bond acceptors (Lipinski definition) is 2. The molecule has 0 spiro atoms. The van der Waals surface area contributed by atoms with Gasteiger partial charge in [0.25, 0.3) is 0 Å². The SMILES string of the molecule is CCc1cnn(-c2cccc(Cl)n2)c1. The van der Waals surface area contributed by atoms with E-state index >= 15 is 0 Å². The first-order chi connectivity index (χ1) is 6.79. The van der Waals surface area contributed by atoms with Crippen LogP contribution in [0, 0.1) is 0 Å². The Morgan fingerprint density at radius 3 is 2.93 bits per heavy atom. The Morgan fingerprint density at radius 1 is 1.43 bits per heavy atom. The molecule has 0 aliphatic rings. The second kappa shape index (κ2) is 3.80. The van der Waals surface area contributed by atoms with Gasteiger partial charge in [-0.15, -0.1) is 0 Å². The van der Waals surface area contributed by atoms with Crippen molar-refractivity contribution in [3.63, 3.8) is 0 Å². The molecule has 14 heavy (non-hydrogen) atoms. The molecule has 0 N–H and O–H groups in total. The predicted molar refractivity (Wildman–Crippen MR) is 55.7 cm³/mol. The van der Waals surface area contributed by atoms with Crippen LogP contribution in [0.15, 0.2) is 30.6 Å².